The van der Waals surface area contributed by atoms with Gasteiger partial charge in [-0.1, -0.05) is 0 Å². The average molecular weight is 226 g/mol. The van der Waals surface area contributed by atoms with Gasteiger partial charge in [0.15, 0.2) is 5.65 Å². The van der Waals surface area contributed by atoms with Gasteiger partial charge in [-0.2, -0.15) is 0 Å². The first kappa shape index (κ1) is 9.85. The lowest BCUT2D eigenvalue weighted by atomic mass is 10.2. The molecular formula is C8H8ClN5O. The van der Waals surface area contributed by atoms with Crippen LogP contribution in [0.2, 0.25) is 0 Å². The number of rotatable bonds is 4. The van der Waals surface area contributed by atoms with Crippen LogP contribution in [0.1, 0.15) is 11.1 Å². The van der Waals surface area contributed by atoms with E-state index >= 15 is 0 Å². The maximum Gasteiger partial charge on any atom is 0.207 e. The van der Waals surface area contributed by atoms with E-state index in [1.807, 2.05) is 0 Å². The molecule has 15 heavy (non-hydrogen) atoms. The van der Waals surface area contributed by atoms with Crippen LogP contribution < -0.4 is 5.32 Å². The molecule has 78 valence electrons. The van der Waals surface area contributed by atoms with Crippen molar-refractivity contribution in [3.05, 3.63) is 18.3 Å². The van der Waals surface area contributed by atoms with Gasteiger partial charge in [0.2, 0.25) is 6.41 Å². The number of fused-ring (bicyclic) bond motifs is 1. The van der Waals surface area contributed by atoms with E-state index in [-0.39, 0.29) is 0 Å². The van der Waals surface area contributed by atoms with Crippen LogP contribution in [-0.2, 0) is 4.79 Å². The molecular weight excluding hydrogens is 218 g/mol. The van der Waals surface area contributed by atoms with Crippen LogP contribution >= 0.6 is 11.6 Å². The third kappa shape index (κ3) is 1.89. The van der Waals surface area contributed by atoms with Gasteiger partial charge in [0, 0.05) is 6.54 Å². The van der Waals surface area contributed by atoms with Crippen molar-refractivity contribution in [2.24, 2.45) is 0 Å². The molecule has 0 aliphatic rings. The second-order valence-electron chi connectivity index (χ2n) is 2.85. The smallest absolute Gasteiger partial charge is 0.207 e. The van der Waals surface area contributed by atoms with Crippen molar-refractivity contribution in [2.75, 3.05) is 6.54 Å². The van der Waals surface area contributed by atoms with Crippen molar-refractivity contribution in [2.45, 2.75) is 5.38 Å². The van der Waals surface area contributed by atoms with Crippen LogP contribution in [0.3, 0.4) is 0 Å². The molecule has 1 unspecified atom stereocenters. The van der Waals surface area contributed by atoms with Gasteiger partial charge in [0.05, 0.1) is 17.4 Å². The highest BCUT2D eigenvalue weighted by atomic mass is 35.5. The molecule has 2 aromatic heterocycles. The first-order valence-electron chi connectivity index (χ1n) is 4.28. The van der Waals surface area contributed by atoms with E-state index in [4.69, 9.17) is 11.6 Å². The Morgan fingerprint density at radius 3 is 3.20 bits per heavy atom. The van der Waals surface area contributed by atoms with E-state index < -0.39 is 5.38 Å². The Morgan fingerprint density at radius 2 is 2.40 bits per heavy atom. The highest BCUT2D eigenvalue weighted by Crippen LogP contribution is 2.22. The number of amides is 1. The third-order valence-corrected chi connectivity index (χ3v) is 2.29. The van der Waals surface area contributed by atoms with Crippen LogP contribution in [0.25, 0.3) is 11.2 Å². The lowest BCUT2D eigenvalue weighted by Crippen LogP contribution is -2.17. The molecule has 0 aromatic carbocycles. The molecule has 2 rings (SSSR count). The van der Waals surface area contributed by atoms with Crippen LogP contribution in [-0.4, -0.2) is 32.9 Å². The molecule has 1 amide bonds. The van der Waals surface area contributed by atoms with Gasteiger partial charge < -0.3 is 10.3 Å². The maximum absolute atomic E-state index is 10.1. The predicted octanol–water partition coefficient (Wildman–Crippen LogP) is 0.379. The number of nitrogens with one attached hydrogen (secondary N) is 2. The summed E-state index contributed by atoms with van der Waals surface area (Å²) >= 11 is 6.06. The molecule has 0 radical (unpaired) electrons. The zero-order valence-corrected chi connectivity index (χ0v) is 8.40. The molecule has 0 aliphatic carbocycles. The fourth-order valence-electron chi connectivity index (χ4n) is 1.27. The molecule has 6 nitrogen and oxygen atoms in total. The summed E-state index contributed by atoms with van der Waals surface area (Å²) in [6, 6.07) is 0. The highest BCUT2D eigenvalue weighted by molar-refractivity contribution is 6.21. The van der Waals surface area contributed by atoms with Gasteiger partial charge in [0.1, 0.15) is 11.8 Å². The minimum absolute atomic E-state index is 0.316. The number of imidazole rings is 1. The zero-order chi connectivity index (χ0) is 10.7. The van der Waals surface area contributed by atoms with Crippen LogP contribution in [0.5, 0.6) is 0 Å². The van der Waals surface area contributed by atoms with Gasteiger partial charge in [0.25, 0.3) is 0 Å². The van der Waals surface area contributed by atoms with Crippen molar-refractivity contribution in [1.82, 2.24) is 25.3 Å². The van der Waals surface area contributed by atoms with Crippen molar-refractivity contribution in [3.8, 4) is 0 Å². The quantitative estimate of drug-likeness (QED) is 0.582. The van der Waals surface area contributed by atoms with Gasteiger partial charge in [-0.15, -0.1) is 11.6 Å². The summed E-state index contributed by atoms with van der Waals surface area (Å²) in [5, 5.41) is 2.09. The average Bonchev–Trinajstić information content (AvgIpc) is 2.73. The summed E-state index contributed by atoms with van der Waals surface area (Å²) in [5.41, 5.74) is 1.90. The van der Waals surface area contributed by atoms with Crippen LogP contribution in [0, 0.1) is 0 Å². The largest absolute Gasteiger partial charge is 0.357 e. The van der Waals surface area contributed by atoms with E-state index in [9.17, 15) is 4.79 Å². The first-order valence-corrected chi connectivity index (χ1v) is 4.71. The van der Waals surface area contributed by atoms with Gasteiger partial charge in [-0.25, -0.2) is 15.0 Å². The molecule has 2 heterocycles. The summed E-state index contributed by atoms with van der Waals surface area (Å²) in [4.78, 5) is 25.1. The van der Waals surface area contributed by atoms with E-state index in [1.54, 1.807) is 0 Å². The normalized spacial score (nSPS) is 12.6. The molecule has 7 heteroatoms. The Kier molecular flexibility index (Phi) is 2.77. The molecule has 0 spiro atoms. The lowest BCUT2D eigenvalue weighted by molar-refractivity contribution is -0.109. The number of halogens is 1. The second kappa shape index (κ2) is 4.22. The van der Waals surface area contributed by atoms with Crippen molar-refractivity contribution in [1.29, 1.82) is 0 Å². The zero-order valence-electron chi connectivity index (χ0n) is 7.64. The number of nitrogens with zero attached hydrogens (tertiary/aromatic N) is 3. The molecule has 0 bridgehead atoms. The Morgan fingerprint density at radius 1 is 1.53 bits per heavy atom. The Balaban J connectivity index is 2.33. The monoisotopic (exact) mass is 225 g/mol. The van der Waals surface area contributed by atoms with E-state index in [0.717, 1.165) is 0 Å². The third-order valence-electron chi connectivity index (χ3n) is 1.93. The SMILES string of the molecule is O=CNCC(Cl)c1ncnc2nc[nH]c12. The number of hydrogen-bond acceptors (Lipinski definition) is 4. The van der Waals surface area contributed by atoms with Gasteiger partial charge in [-0.3, -0.25) is 4.79 Å². The number of aromatic amines is 1. The molecule has 2 aromatic rings. The van der Waals surface area contributed by atoms with Gasteiger partial charge >= 0.3 is 0 Å². The highest BCUT2D eigenvalue weighted by Gasteiger charge is 2.14. The summed E-state index contributed by atoms with van der Waals surface area (Å²) < 4.78 is 0. The lowest BCUT2D eigenvalue weighted by Gasteiger charge is -2.07. The van der Waals surface area contributed by atoms with Gasteiger partial charge in [-0.05, 0) is 0 Å². The first-order chi connectivity index (χ1) is 7.33. The van der Waals surface area contributed by atoms with E-state index in [0.29, 0.717) is 29.8 Å². The molecule has 1 atom stereocenters. The summed E-state index contributed by atoms with van der Waals surface area (Å²) in [6.07, 6.45) is 3.52. The summed E-state index contributed by atoms with van der Waals surface area (Å²) in [6.45, 7) is 0.316. The number of carbonyl (C=O) groups is 1. The van der Waals surface area contributed by atoms with Crippen molar-refractivity contribution >= 4 is 29.2 Å². The standard InChI is InChI=1S/C8H8ClN5O/c9-5(1-10-4-15)6-7-8(13-2-11-6)14-3-12-7/h2-5H,1H2,(H,10,15)(H,11,12,13,14). The van der Waals surface area contributed by atoms with Crippen LogP contribution in [0.4, 0.5) is 0 Å². The Bertz CT molecular complexity index is 471. The fourth-order valence-corrected chi connectivity index (χ4v) is 1.52. The van der Waals surface area contributed by atoms with E-state index in [2.05, 4.69) is 25.3 Å². The number of H-pyrrole nitrogens is 1. The van der Waals surface area contributed by atoms with Crippen molar-refractivity contribution < 1.29 is 4.79 Å². The number of hydrogen-bond donors (Lipinski definition) is 2. The molecule has 2 N–H and O–H groups in total. The van der Waals surface area contributed by atoms with Crippen molar-refractivity contribution in [3.63, 3.8) is 0 Å². The molecule has 0 saturated carbocycles. The molecule has 0 aliphatic heterocycles. The predicted molar refractivity (Wildman–Crippen MR) is 54.3 cm³/mol. The summed E-state index contributed by atoms with van der Waals surface area (Å²) in [5.74, 6) is 0. The number of alkyl halides is 1. The minimum atomic E-state index is -0.402. The Labute approximate surface area is 90.1 Å². The summed E-state index contributed by atoms with van der Waals surface area (Å²) in [7, 11) is 0. The van der Waals surface area contributed by atoms with Crippen LogP contribution in [0.15, 0.2) is 12.7 Å². The number of carbonyl (C=O) groups excluding carboxylic acids is 1. The topological polar surface area (TPSA) is 83.6 Å². The minimum Gasteiger partial charge on any atom is -0.357 e. The second-order valence-corrected chi connectivity index (χ2v) is 3.38. The molecule has 0 saturated heterocycles. The molecule has 0 fully saturated rings. The Hall–Kier alpha value is -1.69. The van der Waals surface area contributed by atoms with E-state index in [1.165, 1.54) is 12.7 Å². The fraction of sp³-hybridized carbons (Fsp3) is 0.250. The number of aromatic nitrogens is 4. The maximum atomic E-state index is 10.1.